The smallest absolute Gasteiger partial charge is 0.381 e. The Kier molecular flexibility index (Phi) is 7.15. The minimum Gasteiger partial charge on any atom is -0.381 e. The zero-order chi connectivity index (χ0) is 22.5. The molecule has 4 nitrogen and oxygen atoms in total. The third kappa shape index (κ3) is 5.72. The van der Waals surface area contributed by atoms with Crippen molar-refractivity contribution in [1.82, 2.24) is 10.6 Å². The molecule has 2 aromatic rings. The summed E-state index contributed by atoms with van der Waals surface area (Å²) in [7, 11) is 1.51. The minimum absolute atomic E-state index is 0.0869. The van der Waals surface area contributed by atoms with Crippen LogP contribution in [-0.4, -0.2) is 32.8 Å². The topological polar surface area (TPSA) is 45.7 Å². The normalized spacial score (nSPS) is 16.8. The van der Waals surface area contributed by atoms with Gasteiger partial charge < -0.3 is 15.4 Å². The van der Waals surface area contributed by atoms with Crippen molar-refractivity contribution in [3.63, 3.8) is 0 Å². The van der Waals surface area contributed by atoms with Crippen LogP contribution in [0.15, 0.2) is 47.5 Å². The molecular weight excluding hydrogens is 417 g/mol. The number of rotatable bonds is 5. The Morgan fingerprint density at radius 1 is 1.00 bits per heavy atom. The van der Waals surface area contributed by atoms with Crippen LogP contribution in [0.4, 0.5) is 22.0 Å². The average molecular weight is 441 g/mol. The lowest BCUT2D eigenvalue weighted by Crippen LogP contribution is -2.48. The number of alkyl halides is 3. The van der Waals surface area contributed by atoms with Crippen molar-refractivity contribution in [1.29, 1.82) is 0 Å². The highest BCUT2D eigenvalue weighted by Crippen LogP contribution is 2.35. The van der Waals surface area contributed by atoms with Gasteiger partial charge in [-0.3, -0.25) is 4.99 Å². The number of nitrogens with one attached hydrogen (secondary N) is 2. The van der Waals surface area contributed by atoms with Crippen LogP contribution in [0.1, 0.15) is 29.5 Å². The fraction of sp³-hybridized carbons (Fsp3) is 0.409. The first-order valence-corrected chi connectivity index (χ1v) is 9.87. The molecule has 0 aromatic heterocycles. The molecule has 168 valence electrons. The number of ether oxygens (including phenoxy) is 1. The molecule has 2 aromatic carbocycles. The van der Waals surface area contributed by atoms with Crippen LogP contribution in [0, 0.1) is 11.6 Å². The van der Waals surface area contributed by atoms with E-state index in [1.807, 2.05) is 0 Å². The quantitative estimate of drug-likeness (QED) is 0.411. The van der Waals surface area contributed by atoms with Crippen molar-refractivity contribution in [3.05, 3.63) is 70.8 Å². The molecule has 0 bridgehead atoms. The molecule has 0 unspecified atom stereocenters. The highest BCUT2D eigenvalue weighted by Gasteiger charge is 2.35. The molecule has 0 spiro atoms. The van der Waals surface area contributed by atoms with Crippen molar-refractivity contribution in [2.24, 2.45) is 4.99 Å². The van der Waals surface area contributed by atoms with Gasteiger partial charge in [0.2, 0.25) is 0 Å². The molecule has 0 aliphatic carbocycles. The fourth-order valence-corrected chi connectivity index (χ4v) is 3.75. The lowest BCUT2D eigenvalue weighted by molar-refractivity contribution is -0.138. The van der Waals surface area contributed by atoms with Crippen molar-refractivity contribution in [2.75, 3.05) is 26.8 Å². The Labute approximate surface area is 177 Å². The lowest BCUT2D eigenvalue weighted by Gasteiger charge is -2.38. The predicted molar refractivity (Wildman–Crippen MR) is 108 cm³/mol. The molecular formula is C22H24F5N3O. The van der Waals surface area contributed by atoms with E-state index in [1.54, 1.807) is 12.1 Å². The van der Waals surface area contributed by atoms with Gasteiger partial charge in [-0.15, -0.1) is 0 Å². The van der Waals surface area contributed by atoms with Crippen LogP contribution in [0.5, 0.6) is 0 Å². The van der Waals surface area contributed by atoms with E-state index in [1.165, 1.54) is 19.2 Å². The number of nitrogens with zero attached hydrogens (tertiary/aromatic N) is 1. The van der Waals surface area contributed by atoms with E-state index in [0.717, 1.165) is 17.7 Å². The third-order valence-electron chi connectivity index (χ3n) is 5.55. The zero-order valence-corrected chi connectivity index (χ0v) is 17.0. The summed E-state index contributed by atoms with van der Waals surface area (Å²) in [5.41, 5.74) is -0.479. The Bertz CT molecular complexity index is 906. The van der Waals surface area contributed by atoms with E-state index < -0.39 is 17.6 Å². The molecule has 9 heteroatoms. The van der Waals surface area contributed by atoms with Gasteiger partial charge in [-0.05, 0) is 48.2 Å². The van der Waals surface area contributed by atoms with E-state index in [9.17, 15) is 22.0 Å². The summed E-state index contributed by atoms with van der Waals surface area (Å²) in [6.07, 6.45) is -3.25. The summed E-state index contributed by atoms with van der Waals surface area (Å²) >= 11 is 0. The lowest BCUT2D eigenvalue weighted by atomic mass is 9.74. The van der Waals surface area contributed by atoms with Crippen LogP contribution in [0.2, 0.25) is 0 Å². The Morgan fingerprint density at radius 3 is 2.26 bits per heavy atom. The Balaban J connectivity index is 1.70. The summed E-state index contributed by atoms with van der Waals surface area (Å²) in [5, 5.41) is 6.03. The van der Waals surface area contributed by atoms with Gasteiger partial charge in [-0.1, -0.05) is 18.2 Å². The van der Waals surface area contributed by atoms with Gasteiger partial charge in [0.25, 0.3) is 0 Å². The van der Waals surface area contributed by atoms with Crippen LogP contribution in [0.25, 0.3) is 0 Å². The summed E-state index contributed by atoms with van der Waals surface area (Å²) < 4.78 is 71.8. The second-order valence-corrected chi connectivity index (χ2v) is 7.48. The second kappa shape index (κ2) is 9.64. The zero-order valence-electron chi connectivity index (χ0n) is 17.0. The van der Waals surface area contributed by atoms with E-state index in [2.05, 4.69) is 15.6 Å². The van der Waals surface area contributed by atoms with E-state index in [-0.39, 0.29) is 23.3 Å². The second-order valence-electron chi connectivity index (χ2n) is 7.48. The molecule has 0 amide bonds. The molecule has 1 saturated heterocycles. The van der Waals surface area contributed by atoms with E-state index in [0.29, 0.717) is 44.6 Å². The van der Waals surface area contributed by atoms with Gasteiger partial charge in [-0.2, -0.15) is 13.2 Å². The Hall–Kier alpha value is -2.68. The SMILES string of the molecule is CN=C(NCc1ccc(F)cc1C(F)(F)F)NCC1(c2ccc(F)cc2)CCOCC1. The summed E-state index contributed by atoms with van der Waals surface area (Å²) in [4.78, 5) is 4.08. The van der Waals surface area contributed by atoms with Crippen LogP contribution in [-0.2, 0) is 22.9 Å². The Morgan fingerprint density at radius 2 is 1.65 bits per heavy atom. The van der Waals surface area contributed by atoms with Crippen molar-refractivity contribution >= 4 is 5.96 Å². The first-order valence-electron chi connectivity index (χ1n) is 9.87. The minimum atomic E-state index is -4.66. The van der Waals surface area contributed by atoms with Crippen molar-refractivity contribution in [3.8, 4) is 0 Å². The molecule has 0 saturated carbocycles. The molecule has 1 aliphatic rings. The van der Waals surface area contributed by atoms with Crippen molar-refractivity contribution < 1.29 is 26.7 Å². The average Bonchev–Trinajstić information content (AvgIpc) is 2.75. The molecule has 1 fully saturated rings. The standard InChI is InChI=1S/C22H24F5N3O/c1-28-20(29-13-15-2-5-18(24)12-19(15)22(25,26)27)30-14-21(8-10-31-11-9-21)16-3-6-17(23)7-4-16/h2-7,12H,8-11,13-14H2,1H3,(H2,28,29,30). The monoisotopic (exact) mass is 441 g/mol. The maximum atomic E-state index is 13.4. The van der Waals surface area contributed by atoms with E-state index >= 15 is 0 Å². The highest BCUT2D eigenvalue weighted by atomic mass is 19.4. The number of benzene rings is 2. The molecule has 1 heterocycles. The van der Waals surface area contributed by atoms with Crippen LogP contribution < -0.4 is 10.6 Å². The highest BCUT2D eigenvalue weighted by molar-refractivity contribution is 5.79. The predicted octanol–water partition coefficient (Wildman–Crippen LogP) is 4.40. The first kappa shape index (κ1) is 23.0. The number of hydrogen-bond acceptors (Lipinski definition) is 2. The van der Waals surface area contributed by atoms with Gasteiger partial charge >= 0.3 is 6.18 Å². The molecule has 0 radical (unpaired) electrons. The fourth-order valence-electron chi connectivity index (χ4n) is 3.75. The largest absolute Gasteiger partial charge is 0.416 e. The summed E-state index contributed by atoms with van der Waals surface area (Å²) in [6, 6.07) is 8.89. The number of aliphatic imine (C=N–C) groups is 1. The van der Waals surface area contributed by atoms with Gasteiger partial charge in [0.05, 0.1) is 5.56 Å². The first-order chi connectivity index (χ1) is 14.7. The van der Waals surface area contributed by atoms with Gasteiger partial charge in [0, 0.05) is 38.8 Å². The third-order valence-corrected chi connectivity index (χ3v) is 5.55. The summed E-state index contributed by atoms with van der Waals surface area (Å²) in [5.74, 6) is -0.957. The molecule has 0 atom stereocenters. The number of halogens is 5. The van der Waals surface area contributed by atoms with Gasteiger partial charge in [0.1, 0.15) is 11.6 Å². The van der Waals surface area contributed by atoms with Crippen molar-refractivity contribution in [2.45, 2.75) is 31.0 Å². The number of hydrogen-bond donors (Lipinski definition) is 2. The molecule has 3 rings (SSSR count). The van der Waals surface area contributed by atoms with Gasteiger partial charge in [0.15, 0.2) is 5.96 Å². The number of guanidine groups is 1. The maximum absolute atomic E-state index is 13.4. The van der Waals surface area contributed by atoms with E-state index in [4.69, 9.17) is 4.74 Å². The van der Waals surface area contributed by atoms with Crippen LogP contribution >= 0.6 is 0 Å². The molecule has 1 aliphatic heterocycles. The summed E-state index contributed by atoms with van der Waals surface area (Å²) in [6.45, 7) is 1.36. The molecule has 31 heavy (non-hydrogen) atoms. The van der Waals surface area contributed by atoms with Gasteiger partial charge in [-0.25, -0.2) is 8.78 Å². The maximum Gasteiger partial charge on any atom is 0.416 e. The van der Waals surface area contributed by atoms with Crippen LogP contribution in [0.3, 0.4) is 0 Å². The molecule has 2 N–H and O–H groups in total.